The molecule has 0 radical (unpaired) electrons. The first-order valence-electron chi connectivity index (χ1n) is 4.80. The van der Waals surface area contributed by atoms with E-state index in [0.717, 1.165) is 30.1 Å². The third kappa shape index (κ3) is 3.10. The average molecular weight is 261 g/mol. The Balaban J connectivity index is 2.73. The van der Waals surface area contributed by atoms with Crippen molar-refractivity contribution in [3.8, 4) is 0 Å². The zero-order chi connectivity index (χ0) is 10.6. The van der Waals surface area contributed by atoms with Crippen molar-refractivity contribution in [2.75, 3.05) is 26.8 Å². The van der Waals surface area contributed by atoms with Gasteiger partial charge < -0.3 is 9.64 Å². The molecule has 1 aliphatic rings. The summed E-state index contributed by atoms with van der Waals surface area (Å²) in [6.45, 7) is 6.66. The average Bonchev–Trinajstić information content (AvgIpc) is 2.15. The van der Waals surface area contributed by atoms with E-state index in [1.807, 2.05) is 20.0 Å². The van der Waals surface area contributed by atoms with Gasteiger partial charge in [0, 0.05) is 13.6 Å². The van der Waals surface area contributed by atoms with Crippen molar-refractivity contribution in [1.29, 1.82) is 0 Å². The largest absolute Gasteiger partial charge is 0.377 e. The molecular weight excluding hydrogens is 244 g/mol. The summed E-state index contributed by atoms with van der Waals surface area (Å²) in [6.07, 6.45) is 2.04. The lowest BCUT2D eigenvalue weighted by Gasteiger charge is -2.34. The second kappa shape index (κ2) is 5.51. The molecule has 0 unspecified atom stereocenters. The van der Waals surface area contributed by atoms with Crippen LogP contribution >= 0.6 is 15.9 Å². The van der Waals surface area contributed by atoms with E-state index in [0.29, 0.717) is 6.04 Å². The summed E-state index contributed by atoms with van der Waals surface area (Å²) in [5.74, 6) is 1.02. The second-order valence-corrected chi connectivity index (χ2v) is 4.68. The van der Waals surface area contributed by atoms with Crippen LogP contribution < -0.4 is 0 Å². The van der Waals surface area contributed by atoms with Crippen molar-refractivity contribution in [3.63, 3.8) is 0 Å². The fourth-order valence-corrected chi connectivity index (χ4v) is 1.73. The minimum atomic E-state index is 0.408. The lowest BCUT2D eigenvalue weighted by Crippen LogP contribution is -2.46. The number of hydrogen-bond acceptors (Lipinski definition) is 2. The lowest BCUT2D eigenvalue weighted by atomic mass is 10.2. The van der Waals surface area contributed by atoms with Crippen LogP contribution in [-0.2, 0) is 4.74 Å². The predicted molar refractivity (Wildman–Crippen MR) is 63.0 cm³/mol. The molecule has 1 saturated heterocycles. The Morgan fingerprint density at radius 1 is 1.64 bits per heavy atom. The normalized spacial score (nSPS) is 25.4. The maximum Gasteiger partial charge on any atom is 0.124 e. The molecule has 4 heteroatoms. The van der Waals surface area contributed by atoms with Crippen LogP contribution in [0, 0.1) is 0 Å². The van der Waals surface area contributed by atoms with Crippen LogP contribution in [0.15, 0.2) is 15.6 Å². The summed E-state index contributed by atoms with van der Waals surface area (Å²) < 4.78 is 6.48. The summed E-state index contributed by atoms with van der Waals surface area (Å²) in [7, 11) is 1.82. The van der Waals surface area contributed by atoms with Crippen LogP contribution in [0.5, 0.6) is 0 Å². The first-order chi connectivity index (χ1) is 6.65. The van der Waals surface area contributed by atoms with Gasteiger partial charge in [0.15, 0.2) is 0 Å². The van der Waals surface area contributed by atoms with Gasteiger partial charge in [-0.25, -0.2) is 0 Å². The van der Waals surface area contributed by atoms with Crippen molar-refractivity contribution in [2.24, 2.45) is 4.99 Å². The molecular formula is C10H17BrN2O. The van der Waals surface area contributed by atoms with Crippen LogP contribution in [-0.4, -0.2) is 43.6 Å². The van der Waals surface area contributed by atoms with E-state index < -0.39 is 0 Å². The number of aliphatic imine (C=N–C) groups is 1. The summed E-state index contributed by atoms with van der Waals surface area (Å²) in [5.41, 5.74) is 0. The number of rotatable bonds is 1. The smallest absolute Gasteiger partial charge is 0.124 e. The molecule has 0 saturated carbocycles. The van der Waals surface area contributed by atoms with E-state index in [1.54, 1.807) is 0 Å². The maximum atomic E-state index is 5.38. The first kappa shape index (κ1) is 11.7. The summed E-state index contributed by atoms with van der Waals surface area (Å²) in [6, 6.07) is 0.408. The number of allylic oxidation sites excluding steroid dienone is 1. The van der Waals surface area contributed by atoms with Gasteiger partial charge in [-0.15, -0.1) is 0 Å². The van der Waals surface area contributed by atoms with Gasteiger partial charge in [-0.2, -0.15) is 0 Å². The third-order valence-electron chi connectivity index (χ3n) is 2.22. The molecule has 0 N–H and O–H groups in total. The van der Waals surface area contributed by atoms with E-state index in [2.05, 4.69) is 32.7 Å². The van der Waals surface area contributed by atoms with Crippen molar-refractivity contribution >= 4 is 21.8 Å². The van der Waals surface area contributed by atoms with Gasteiger partial charge in [0.25, 0.3) is 0 Å². The molecule has 1 fully saturated rings. The number of nitrogens with zero attached hydrogens (tertiary/aromatic N) is 2. The summed E-state index contributed by atoms with van der Waals surface area (Å²) in [5, 5.41) is 0. The Labute approximate surface area is 94.0 Å². The quantitative estimate of drug-likeness (QED) is 0.533. The Morgan fingerprint density at radius 3 is 2.86 bits per heavy atom. The molecule has 3 nitrogen and oxygen atoms in total. The van der Waals surface area contributed by atoms with Gasteiger partial charge in [0.1, 0.15) is 5.84 Å². The molecule has 0 aromatic heterocycles. The molecule has 1 atom stereocenters. The second-order valence-electron chi connectivity index (χ2n) is 3.43. The molecule has 0 aromatic rings. The van der Waals surface area contributed by atoms with Gasteiger partial charge in [-0.05, 0) is 24.4 Å². The monoisotopic (exact) mass is 260 g/mol. The zero-order valence-electron chi connectivity index (χ0n) is 8.96. The number of halogens is 1. The highest BCUT2D eigenvalue weighted by atomic mass is 79.9. The number of ether oxygens (including phenoxy) is 1. The van der Waals surface area contributed by atoms with Gasteiger partial charge in [-0.3, -0.25) is 4.99 Å². The number of morpholine rings is 1. The SMILES string of the molecule is CN=C(/C=C(\C)Br)N1CCOC[C@H]1C. The fraction of sp³-hybridized carbons (Fsp3) is 0.700. The van der Waals surface area contributed by atoms with Crippen molar-refractivity contribution in [1.82, 2.24) is 4.90 Å². The molecule has 0 spiro atoms. The van der Waals surface area contributed by atoms with Gasteiger partial charge in [0.05, 0.1) is 19.3 Å². The highest BCUT2D eigenvalue weighted by Gasteiger charge is 2.20. The highest BCUT2D eigenvalue weighted by molar-refractivity contribution is 9.11. The van der Waals surface area contributed by atoms with E-state index in [4.69, 9.17) is 4.74 Å². The Morgan fingerprint density at radius 2 is 2.36 bits per heavy atom. The molecule has 0 amide bonds. The lowest BCUT2D eigenvalue weighted by molar-refractivity contribution is 0.0336. The van der Waals surface area contributed by atoms with E-state index in [-0.39, 0.29) is 0 Å². The van der Waals surface area contributed by atoms with Crippen LogP contribution in [0.3, 0.4) is 0 Å². The van der Waals surface area contributed by atoms with Gasteiger partial charge in [-0.1, -0.05) is 15.9 Å². The fourth-order valence-electron chi connectivity index (χ4n) is 1.52. The molecule has 14 heavy (non-hydrogen) atoms. The molecule has 1 rings (SSSR count). The molecule has 1 aliphatic heterocycles. The van der Waals surface area contributed by atoms with Crippen molar-refractivity contribution in [2.45, 2.75) is 19.9 Å². The summed E-state index contributed by atoms with van der Waals surface area (Å²) in [4.78, 5) is 6.56. The number of amidine groups is 1. The molecule has 0 bridgehead atoms. The zero-order valence-corrected chi connectivity index (χ0v) is 10.5. The van der Waals surface area contributed by atoms with Crippen molar-refractivity contribution in [3.05, 3.63) is 10.6 Å². The van der Waals surface area contributed by atoms with Crippen LogP contribution in [0.2, 0.25) is 0 Å². The Bertz CT molecular complexity index is 247. The topological polar surface area (TPSA) is 24.8 Å². The first-order valence-corrected chi connectivity index (χ1v) is 5.59. The standard InChI is InChI=1S/C10H17BrN2O/c1-8(11)6-10(12-3)13-4-5-14-7-9(13)2/h6,9H,4-5,7H2,1-3H3/b8-6+,12-10?/t9-/m1/s1. The molecule has 1 heterocycles. The molecule has 0 aliphatic carbocycles. The van der Waals surface area contributed by atoms with E-state index in [9.17, 15) is 0 Å². The third-order valence-corrected chi connectivity index (χ3v) is 2.45. The van der Waals surface area contributed by atoms with Crippen LogP contribution in [0.4, 0.5) is 0 Å². The van der Waals surface area contributed by atoms with Crippen LogP contribution in [0.1, 0.15) is 13.8 Å². The van der Waals surface area contributed by atoms with Gasteiger partial charge >= 0.3 is 0 Å². The van der Waals surface area contributed by atoms with Crippen LogP contribution in [0.25, 0.3) is 0 Å². The van der Waals surface area contributed by atoms with Crippen molar-refractivity contribution < 1.29 is 4.74 Å². The predicted octanol–water partition coefficient (Wildman–Crippen LogP) is 2.03. The maximum absolute atomic E-state index is 5.38. The molecule has 80 valence electrons. The Hall–Kier alpha value is -0.350. The summed E-state index contributed by atoms with van der Waals surface area (Å²) >= 11 is 3.42. The van der Waals surface area contributed by atoms with E-state index in [1.165, 1.54) is 0 Å². The van der Waals surface area contributed by atoms with E-state index >= 15 is 0 Å². The Kier molecular flexibility index (Phi) is 4.62. The molecule has 0 aromatic carbocycles. The minimum absolute atomic E-state index is 0.408. The number of hydrogen-bond donors (Lipinski definition) is 0. The minimum Gasteiger partial charge on any atom is -0.377 e. The highest BCUT2D eigenvalue weighted by Crippen LogP contribution is 2.11. The van der Waals surface area contributed by atoms with Gasteiger partial charge in [0.2, 0.25) is 0 Å².